The Morgan fingerprint density at radius 2 is 1.50 bits per heavy atom. The largest absolute Gasteiger partial charge is 0.478 e. The summed E-state index contributed by atoms with van der Waals surface area (Å²) in [7, 11) is 0. The highest BCUT2D eigenvalue weighted by Gasteiger charge is 2.30. The Labute approximate surface area is 112 Å². The molecule has 0 amide bonds. The highest BCUT2D eigenvalue weighted by atomic mass is 16.4. The second kappa shape index (κ2) is 6.37. The topological polar surface area (TPSA) is 40.5 Å². The summed E-state index contributed by atoms with van der Waals surface area (Å²) in [5.74, 6) is -0.876. The zero-order chi connectivity index (χ0) is 14.6. The molecule has 3 heteroatoms. The summed E-state index contributed by atoms with van der Waals surface area (Å²) in [5.41, 5.74) is 0.567. The Balaban J connectivity index is 4.24. The number of hydrogen-bond acceptors (Lipinski definition) is 2. The van der Waals surface area contributed by atoms with Gasteiger partial charge in [-0.1, -0.05) is 6.58 Å². The van der Waals surface area contributed by atoms with Crippen molar-refractivity contribution >= 4 is 5.97 Å². The van der Waals surface area contributed by atoms with Crippen LogP contribution in [0.1, 0.15) is 60.8 Å². The molecule has 0 fully saturated rings. The zero-order valence-corrected chi connectivity index (χ0v) is 12.8. The van der Waals surface area contributed by atoms with Gasteiger partial charge in [-0.2, -0.15) is 0 Å². The molecule has 1 N–H and O–H groups in total. The van der Waals surface area contributed by atoms with Gasteiger partial charge in [-0.3, -0.25) is 4.90 Å². The van der Waals surface area contributed by atoms with Gasteiger partial charge in [0.2, 0.25) is 0 Å². The Morgan fingerprint density at radius 3 is 1.83 bits per heavy atom. The molecule has 0 aliphatic rings. The second-order valence-corrected chi connectivity index (χ2v) is 6.86. The molecule has 0 unspecified atom stereocenters. The first-order chi connectivity index (χ1) is 7.96. The third kappa shape index (κ3) is 6.20. The Bertz CT molecular complexity index is 281. The monoisotopic (exact) mass is 255 g/mol. The van der Waals surface area contributed by atoms with E-state index in [1.54, 1.807) is 0 Å². The smallest absolute Gasteiger partial charge is 0.330 e. The minimum Gasteiger partial charge on any atom is -0.478 e. The quantitative estimate of drug-likeness (QED) is 0.581. The number of carboxylic acids is 1. The Morgan fingerprint density at radius 1 is 1.06 bits per heavy atom. The molecule has 0 aliphatic carbocycles. The van der Waals surface area contributed by atoms with Crippen molar-refractivity contribution in [3.63, 3.8) is 0 Å². The lowest BCUT2D eigenvalue weighted by Gasteiger charge is -2.45. The number of carbonyl (C=O) groups is 1. The van der Waals surface area contributed by atoms with Crippen LogP contribution in [0.15, 0.2) is 12.2 Å². The van der Waals surface area contributed by atoms with E-state index in [4.69, 9.17) is 5.11 Å². The van der Waals surface area contributed by atoms with E-state index in [1.807, 2.05) is 0 Å². The Kier molecular flexibility index (Phi) is 6.08. The molecule has 0 aromatic heterocycles. The fraction of sp³-hybridized carbons (Fsp3) is 0.800. The van der Waals surface area contributed by atoms with Crippen LogP contribution in [0.25, 0.3) is 0 Å². The number of unbranched alkanes of at least 4 members (excludes halogenated alkanes) is 1. The average Bonchev–Trinajstić information content (AvgIpc) is 2.12. The number of hydrogen-bond donors (Lipinski definition) is 1. The summed E-state index contributed by atoms with van der Waals surface area (Å²) in [6, 6.07) is 0. The molecule has 0 saturated heterocycles. The van der Waals surface area contributed by atoms with Gasteiger partial charge in [0.25, 0.3) is 0 Å². The number of rotatable bonds is 6. The van der Waals surface area contributed by atoms with E-state index < -0.39 is 5.97 Å². The van der Waals surface area contributed by atoms with Gasteiger partial charge in [-0.05, 0) is 67.3 Å². The maximum Gasteiger partial charge on any atom is 0.330 e. The molecule has 0 aliphatic heterocycles. The van der Waals surface area contributed by atoms with Crippen LogP contribution in [-0.2, 0) is 4.79 Å². The summed E-state index contributed by atoms with van der Waals surface area (Å²) in [5, 5.41) is 8.74. The lowest BCUT2D eigenvalue weighted by Crippen LogP contribution is -2.52. The minimum atomic E-state index is -0.876. The molecule has 0 heterocycles. The van der Waals surface area contributed by atoms with Gasteiger partial charge >= 0.3 is 5.97 Å². The van der Waals surface area contributed by atoms with Crippen LogP contribution >= 0.6 is 0 Å². The number of aliphatic carboxylic acids is 1. The van der Waals surface area contributed by atoms with Crippen molar-refractivity contribution < 1.29 is 9.90 Å². The maximum atomic E-state index is 10.6. The highest BCUT2D eigenvalue weighted by molar-refractivity contribution is 5.85. The van der Waals surface area contributed by atoms with Crippen LogP contribution < -0.4 is 0 Å². The van der Waals surface area contributed by atoms with Gasteiger partial charge in [0.05, 0.1) is 0 Å². The molecule has 3 nitrogen and oxygen atoms in total. The molecular formula is C15H29NO2. The van der Waals surface area contributed by atoms with Crippen LogP contribution in [0.2, 0.25) is 0 Å². The predicted octanol–water partition coefficient (Wildman–Crippen LogP) is 3.70. The van der Waals surface area contributed by atoms with E-state index in [0.29, 0.717) is 12.0 Å². The fourth-order valence-corrected chi connectivity index (χ4v) is 2.39. The van der Waals surface area contributed by atoms with Crippen LogP contribution in [0.3, 0.4) is 0 Å². The third-order valence-corrected chi connectivity index (χ3v) is 3.03. The van der Waals surface area contributed by atoms with Gasteiger partial charge in [0.15, 0.2) is 0 Å². The molecule has 0 rings (SSSR count). The van der Waals surface area contributed by atoms with Crippen molar-refractivity contribution in [2.45, 2.75) is 71.9 Å². The molecule has 0 aromatic carbocycles. The number of nitrogens with zero attached hydrogens (tertiary/aromatic N) is 1. The van der Waals surface area contributed by atoms with Gasteiger partial charge in [-0.25, -0.2) is 4.79 Å². The molecule has 106 valence electrons. The molecule has 0 atom stereocenters. The van der Waals surface area contributed by atoms with Gasteiger partial charge in [0, 0.05) is 16.7 Å². The molecule has 0 bridgehead atoms. The number of carboxylic acid groups (broad SMARTS) is 1. The summed E-state index contributed by atoms with van der Waals surface area (Å²) < 4.78 is 0. The van der Waals surface area contributed by atoms with E-state index in [-0.39, 0.29) is 11.1 Å². The normalized spacial score (nSPS) is 12.8. The molecule has 0 saturated carbocycles. The van der Waals surface area contributed by atoms with Crippen molar-refractivity contribution in [2.75, 3.05) is 6.54 Å². The molecule has 18 heavy (non-hydrogen) atoms. The molecule has 0 spiro atoms. The van der Waals surface area contributed by atoms with Gasteiger partial charge < -0.3 is 5.11 Å². The fourth-order valence-electron chi connectivity index (χ4n) is 2.39. The molecule has 0 aromatic rings. The Hall–Kier alpha value is -0.830. The summed E-state index contributed by atoms with van der Waals surface area (Å²) in [4.78, 5) is 13.1. The van der Waals surface area contributed by atoms with Crippen LogP contribution in [-0.4, -0.2) is 33.6 Å². The first kappa shape index (κ1) is 17.2. The first-order valence-corrected chi connectivity index (χ1v) is 6.65. The van der Waals surface area contributed by atoms with Crippen molar-refractivity contribution in [1.82, 2.24) is 4.90 Å². The first-order valence-electron chi connectivity index (χ1n) is 6.65. The van der Waals surface area contributed by atoms with Crippen molar-refractivity contribution in [3.05, 3.63) is 12.2 Å². The van der Waals surface area contributed by atoms with E-state index in [9.17, 15) is 4.79 Å². The standard InChI is InChI=1S/C15H29NO2/c1-12(13(17)18)10-8-9-11-16(14(2,3)4)15(5,6)7/h1,8-11H2,2-7H3,(H,17,18). The summed E-state index contributed by atoms with van der Waals surface area (Å²) in [6.07, 6.45) is 2.46. The van der Waals surface area contributed by atoms with Crippen LogP contribution in [0.5, 0.6) is 0 Å². The van der Waals surface area contributed by atoms with Crippen molar-refractivity contribution in [3.8, 4) is 0 Å². The zero-order valence-electron chi connectivity index (χ0n) is 12.8. The van der Waals surface area contributed by atoms with E-state index in [2.05, 4.69) is 53.0 Å². The summed E-state index contributed by atoms with van der Waals surface area (Å²) in [6.45, 7) is 17.8. The second-order valence-electron chi connectivity index (χ2n) is 6.86. The van der Waals surface area contributed by atoms with Crippen LogP contribution in [0.4, 0.5) is 0 Å². The highest BCUT2D eigenvalue weighted by Crippen LogP contribution is 2.25. The van der Waals surface area contributed by atoms with Gasteiger partial charge in [-0.15, -0.1) is 0 Å². The van der Waals surface area contributed by atoms with Crippen LogP contribution in [0, 0.1) is 0 Å². The molecule has 0 radical (unpaired) electrons. The van der Waals surface area contributed by atoms with Crippen molar-refractivity contribution in [2.24, 2.45) is 0 Å². The average molecular weight is 255 g/mol. The minimum absolute atomic E-state index is 0.127. The maximum absolute atomic E-state index is 10.6. The molecular weight excluding hydrogens is 226 g/mol. The van der Waals surface area contributed by atoms with E-state index >= 15 is 0 Å². The van der Waals surface area contributed by atoms with E-state index in [0.717, 1.165) is 19.4 Å². The lowest BCUT2D eigenvalue weighted by molar-refractivity contribution is -0.132. The summed E-state index contributed by atoms with van der Waals surface area (Å²) >= 11 is 0. The van der Waals surface area contributed by atoms with Gasteiger partial charge in [0.1, 0.15) is 0 Å². The van der Waals surface area contributed by atoms with E-state index in [1.165, 1.54) is 0 Å². The SMILES string of the molecule is C=C(CCCCN(C(C)(C)C)C(C)(C)C)C(=O)O. The lowest BCUT2D eigenvalue weighted by atomic mass is 9.95. The van der Waals surface area contributed by atoms with Crippen molar-refractivity contribution in [1.29, 1.82) is 0 Å². The predicted molar refractivity (Wildman–Crippen MR) is 76.8 cm³/mol. The third-order valence-electron chi connectivity index (χ3n) is 3.03.